The van der Waals surface area contributed by atoms with Gasteiger partial charge in [0, 0.05) is 79.9 Å². The zero-order valence-electron chi connectivity index (χ0n) is 31.7. The summed E-state index contributed by atoms with van der Waals surface area (Å²) in [5.74, 6) is 3.29. The predicted molar refractivity (Wildman–Crippen MR) is 216 cm³/mol. The van der Waals surface area contributed by atoms with Gasteiger partial charge in [0.1, 0.15) is 17.3 Å². The molecule has 3 aromatic heterocycles. The van der Waals surface area contributed by atoms with Crippen molar-refractivity contribution in [3.05, 3.63) is 126 Å². The quantitative estimate of drug-likeness (QED) is 0.148. The van der Waals surface area contributed by atoms with Gasteiger partial charge in [-0.2, -0.15) is 4.98 Å². The molecular weight excluding hydrogens is 707 g/mol. The highest BCUT2D eigenvalue weighted by Gasteiger charge is 2.32. The van der Waals surface area contributed by atoms with Crippen LogP contribution in [0.5, 0.6) is 11.5 Å². The van der Waals surface area contributed by atoms with E-state index in [0.29, 0.717) is 75.8 Å². The molecule has 0 bridgehead atoms. The summed E-state index contributed by atoms with van der Waals surface area (Å²) in [7, 11) is 3.32. The van der Waals surface area contributed by atoms with Crippen LogP contribution < -0.4 is 29.5 Å². The number of nitrogens with one attached hydrogen (secondary N) is 1. The maximum absolute atomic E-state index is 14.1. The van der Waals surface area contributed by atoms with E-state index in [2.05, 4.69) is 20.1 Å². The number of ether oxygens (including phenoxy) is 3. The van der Waals surface area contributed by atoms with E-state index in [9.17, 15) is 4.79 Å². The Morgan fingerprint density at radius 3 is 2.11 bits per heavy atom. The molecule has 3 aromatic carbocycles. The Labute approximate surface area is 326 Å². The number of fused-ring (bicyclic) bond motifs is 1. The van der Waals surface area contributed by atoms with Gasteiger partial charge in [0.15, 0.2) is 0 Å². The van der Waals surface area contributed by atoms with Crippen molar-refractivity contribution in [1.82, 2.24) is 24.9 Å². The van der Waals surface area contributed by atoms with E-state index >= 15 is 0 Å². The Bertz CT molecular complexity index is 2230. The fourth-order valence-electron chi connectivity index (χ4n) is 6.94. The number of methoxy groups -OCH3 is 2. The van der Waals surface area contributed by atoms with Crippen molar-refractivity contribution in [2.24, 2.45) is 0 Å². The number of hydrogen-bond donors (Lipinski definition) is 1. The number of anilines is 4. The van der Waals surface area contributed by atoms with Crippen molar-refractivity contribution in [1.29, 1.82) is 0 Å². The monoisotopic (exact) mass is 749 g/mol. The fourth-order valence-corrected chi connectivity index (χ4v) is 6.94. The molecule has 0 atom stereocenters. The fraction of sp³-hybridized carbons (Fsp3) is 0.256. The molecule has 0 aliphatic carbocycles. The molecule has 5 heterocycles. The molecule has 56 heavy (non-hydrogen) atoms. The lowest BCUT2D eigenvalue weighted by molar-refractivity contribution is 0.122. The van der Waals surface area contributed by atoms with Crippen molar-refractivity contribution in [3.8, 4) is 33.9 Å². The van der Waals surface area contributed by atoms with Crippen LogP contribution in [0.4, 0.5) is 28.2 Å². The molecule has 2 aliphatic rings. The van der Waals surface area contributed by atoms with Crippen LogP contribution in [0.1, 0.15) is 22.3 Å². The van der Waals surface area contributed by atoms with E-state index in [1.54, 1.807) is 25.3 Å². The molecule has 1 saturated heterocycles. The lowest BCUT2D eigenvalue weighted by Crippen LogP contribution is -2.38. The second-order valence-corrected chi connectivity index (χ2v) is 13.7. The second kappa shape index (κ2) is 16.4. The van der Waals surface area contributed by atoms with Crippen LogP contribution in [0, 0.1) is 6.92 Å². The third kappa shape index (κ3) is 7.94. The van der Waals surface area contributed by atoms with E-state index in [1.807, 2.05) is 104 Å². The number of amides is 2. The van der Waals surface area contributed by atoms with Gasteiger partial charge in [0.2, 0.25) is 11.9 Å². The second-order valence-electron chi connectivity index (χ2n) is 13.7. The summed E-state index contributed by atoms with van der Waals surface area (Å²) in [4.78, 5) is 44.2. The average molecular weight is 750 g/mol. The molecule has 1 N–H and O–H groups in total. The van der Waals surface area contributed by atoms with E-state index < -0.39 is 0 Å². The Hall–Kier alpha value is -6.60. The zero-order valence-corrected chi connectivity index (χ0v) is 31.7. The summed E-state index contributed by atoms with van der Waals surface area (Å²) in [5, 5.41) is 3.16. The van der Waals surface area contributed by atoms with Crippen LogP contribution >= 0.6 is 0 Å². The number of benzene rings is 3. The van der Waals surface area contributed by atoms with Crippen molar-refractivity contribution in [2.45, 2.75) is 26.4 Å². The number of hydrogen-bond acceptors (Lipinski definition) is 11. The minimum absolute atomic E-state index is 0.257. The predicted octanol–water partition coefficient (Wildman–Crippen LogP) is 6.96. The smallest absolute Gasteiger partial charge is 0.327 e. The molecule has 1 fully saturated rings. The number of morpholine rings is 1. The van der Waals surface area contributed by atoms with Crippen LogP contribution in [-0.2, 0) is 24.2 Å². The van der Waals surface area contributed by atoms with Gasteiger partial charge >= 0.3 is 6.03 Å². The van der Waals surface area contributed by atoms with Gasteiger partial charge < -0.3 is 29.3 Å². The van der Waals surface area contributed by atoms with Crippen molar-refractivity contribution >= 4 is 29.4 Å². The topological polar surface area (TPSA) is 131 Å². The molecule has 0 radical (unpaired) electrons. The summed E-state index contributed by atoms with van der Waals surface area (Å²) in [6.45, 7) is 6.02. The van der Waals surface area contributed by atoms with Gasteiger partial charge in [-0.25, -0.2) is 19.7 Å². The molecule has 0 saturated carbocycles. The maximum atomic E-state index is 14.1. The summed E-state index contributed by atoms with van der Waals surface area (Å²) < 4.78 is 16.4. The minimum Gasteiger partial charge on any atom is -0.497 e. The van der Waals surface area contributed by atoms with E-state index in [-0.39, 0.29) is 6.03 Å². The largest absolute Gasteiger partial charge is 0.497 e. The summed E-state index contributed by atoms with van der Waals surface area (Å²) in [6, 6.07) is 25.7. The highest BCUT2D eigenvalue weighted by atomic mass is 16.5. The number of nitrogens with zero attached hydrogens (tertiary/aromatic N) is 8. The average Bonchev–Trinajstić information content (AvgIpc) is 3.69. The summed E-state index contributed by atoms with van der Waals surface area (Å²) >= 11 is 0. The number of carbonyl (C=O) groups excluding carboxylic acids is 1. The zero-order chi connectivity index (χ0) is 38.4. The van der Waals surface area contributed by atoms with E-state index in [0.717, 1.165) is 56.1 Å². The highest BCUT2D eigenvalue weighted by molar-refractivity contribution is 6.04. The first-order valence-electron chi connectivity index (χ1n) is 18.6. The van der Waals surface area contributed by atoms with E-state index in [4.69, 9.17) is 34.1 Å². The number of aryl methyl sites for hydroxylation is 1. The number of rotatable bonds is 11. The third-order valence-corrected chi connectivity index (χ3v) is 10.1. The normalized spacial score (nSPS) is 13.6. The maximum Gasteiger partial charge on any atom is 0.327 e. The number of urea groups is 1. The Morgan fingerprint density at radius 2 is 1.48 bits per heavy atom. The van der Waals surface area contributed by atoms with Gasteiger partial charge in [-0.3, -0.25) is 9.88 Å². The molecule has 2 aliphatic heterocycles. The lowest BCUT2D eigenvalue weighted by Gasteiger charge is -2.28. The van der Waals surface area contributed by atoms with Gasteiger partial charge in [0.05, 0.1) is 33.1 Å². The first kappa shape index (κ1) is 36.4. The summed E-state index contributed by atoms with van der Waals surface area (Å²) in [5.41, 5.74) is 8.14. The molecule has 284 valence electrons. The van der Waals surface area contributed by atoms with Crippen molar-refractivity contribution in [3.63, 3.8) is 0 Å². The number of pyridine rings is 1. The third-order valence-electron chi connectivity index (χ3n) is 10.1. The molecule has 2 amide bonds. The molecule has 13 nitrogen and oxygen atoms in total. The molecule has 8 rings (SSSR count). The molecule has 13 heteroatoms. The number of aromatic nitrogens is 5. The van der Waals surface area contributed by atoms with Crippen LogP contribution in [-0.4, -0.2) is 78.0 Å². The Kier molecular flexibility index (Phi) is 10.7. The van der Waals surface area contributed by atoms with Crippen LogP contribution in [0.25, 0.3) is 22.4 Å². The summed E-state index contributed by atoms with van der Waals surface area (Å²) in [6.07, 6.45) is 7.78. The Morgan fingerprint density at radius 1 is 0.804 bits per heavy atom. The lowest BCUT2D eigenvalue weighted by atomic mass is 10.0. The number of carbonyl (C=O) groups is 1. The van der Waals surface area contributed by atoms with Crippen molar-refractivity contribution in [2.75, 3.05) is 67.1 Å². The Balaban J connectivity index is 1.10. The first-order chi connectivity index (χ1) is 27.4. The first-order valence-corrected chi connectivity index (χ1v) is 18.6. The molecule has 0 unspecified atom stereocenters. The molecule has 0 spiro atoms. The van der Waals surface area contributed by atoms with Gasteiger partial charge in [-0.15, -0.1) is 0 Å². The van der Waals surface area contributed by atoms with E-state index in [1.165, 1.54) is 0 Å². The SMILES string of the molecule is COc1ccc(CN(Cc2ccc(OC)cc2)c2ncc(-c3nc(N4CCOCC4)nc4c3CCN4C(=O)Nc3cc(-c4cccnc4)ccc3C)cn2)cc1. The van der Waals surface area contributed by atoms with Gasteiger partial charge in [0.25, 0.3) is 0 Å². The molecular formula is C43H43N9O4. The van der Waals surface area contributed by atoms with Crippen LogP contribution in [0.2, 0.25) is 0 Å². The van der Waals surface area contributed by atoms with Crippen LogP contribution in [0.3, 0.4) is 0 Å². The minimum atomic E-state index is -0.257. The molecule has 6 aromatic rings. The van der Waals surface area contributed by atoms with Gasteiger partial charge in [-0.1, -0.05) is 42.5 Å². The standard InChI is InChI=1S/C43H43N9O4/c1-29-6-11-32(33-5-4-17-44-24-33)23-38(29)47-43(53)52-18-16-37-39(48-42(49-40(37)52)50-19-21-56-22-20-50)34-25-45-41(46-26-34)51(27-30-7-12-35(54-2)13-8-30)28-31-9-14-36(55-3)15-10-31/h4-15,17,23-26H,16,18-22,27-28H2,1-3H3,(H,47,53). The highest BCUT2D eigenvalue weighted by Crippen LogP contribution is 2.36. The van der Waals surface area contributed by atoms with Gasteiger partial charge in [-0.05, 0) is 72.0 Å². The van der Waals surface area contributed by atoms with Crippen molar-refractivity contribution < 1.29 is 19.0 Å². The van der Waals surface area contributed by atoms with Crippen LogP contribution in [0.15, 0.2) is 104 Å².